The number of rotatable bonds is 6. The van der Waals surface area contributed by atoms with E-state index < -0.39 is 0 Å². The van der Waals surface area contributed by atoms with Crippen molar-refractivity contribution in [1.29, 1.82) is 0 Å². The lowest BCUT2D eigenvalue weighted by Gasteiger charge is -2.35. The number of benzene rings is 1. The maximum Gasteiger partial charge on any atom is 0.163 e. The number of carbonyl (C=O) groups is 1. The molecule has 0 amide bonds. The van der Waals surface area contributed by atoms with Crippen LogP contribution >= 0.6 is 48.0 Å². The Morgan fingerprint density at radius 3 is 2.39 bits per heavy atom. The fourth-order valence-electron chi connectivity index (χ4n) is 5.31. The fraction of sp³-hybridized carbons (Fsp3) is 0.444. The third-order valence-electron chi connectivity index (χ3n) is 7.33. The van der Waals surface area contributed by atoms with E-state index in [9.17, 15) is 9.90 Å². The topological polar surface area (TPSA) is 90.4 Å². The molecule has 7 nitrogen and oxygen atoms in total. The SMILES string of the molecule is CC(=O)c1cnc2ccc(-c3cc(Cl)c(O)c(Cl)c3)nc2c1NC1CCC(CN2CCNCC2)CC1.Cl.Cl. The molecule has 5 rings (SSSR count). The Kier molecular flexibility index (Phi) is 10.9. The number of carbonyl (C=O) groups excluding carboxylic acids is 1. The molecule has 1 saturated carbocycles. The summed E-state index contributed by atoms with van der Waals surface area (Å²) in [5.41, 5.74) is 3.93. The summed E-state index contributed by atoms with van der Waals surface area (Å²) in [5.74, 6) is 0.511. The number of piperazine rings is 1. The lowest BCUT2D eigenvalue weighted by molar-refractivity contribution is 0.101. The first-order valence-electron chi connectivity index (χ1n) is 12.6. The van der Waals surface area contributed by atoms with E-state index in [1.165, 1.54) is 19.4 Å². The van der Waals surface area contributed by atoms with Crippen molar-refractivity contribution in [2.45, 2.75) is 38.6 Å². The Labute approximate surface area is 245 Å². The van der Waals surface area contributed by atoms with E-state index in [2.05, 4.69) is 20.5 Å². The van der Waals surface area contributed by atoms with Crippen molar-refractivity contribution in [3.63, 3.8) is 0 Å². The normalized spacial score (nSPS) is 19.9. The van der Waals surface area contributed by atoms with Crippen molar-refractivity contribution in [3.05, 3.63) is 46.1 Å². The van der Waals surface area contributed by atoms with E-state index in [1.807, 2.05) is 12.1 Å². The Morgan fingerprint density at radius 2 is 1.76 bits per heavy atom. The third-order valence-corrected chi connectivity index (χ3v) is 7.90. The monoisotopic (exact) mass is 599 g/mol. The van der Waals surface area contributed by atoms with Gasteiger partial charge in [0.25, 0.3) is 0 Å². The molecule has 3 aromatic rings. The predicted octanol–water partition coefficient (Wildman–Crippen LogP) is 6.23. The summed E-state index contributed by atoms with van der Waals surface area (Å²) < 4.78 is 0. The number of anilines is 1. The second kappa shape index (κ2) is 13.5. The molecular weight excluding hydrogens is 568 g/mol. The van der Waals surface area contributed by atoms with Crippen LogP contribution in [0.25, 0.3) is 22.3 Å². The average molecular weight is 601 g/mol. The zero-order valence-corrected chi connectivity index (χ0v) is 24.3. The van der Waals surface area contributed by atoms with Crippen LogP contribution in [0.4, 0.5) is 5.69 Å². The van der Waals surface area contributed by atoms with E-state index in [0.717, 1.165) is 50.6 Å². The van der Waals surface area contributed by atoms with Crippen LogP contribution < -0.4 is 10.6 Å². The average Bonchev–Trinajstić information content (AvgIpc) is 2.88. The van der Waals surface area contributed by atoms with E-state index in [-0.39, 0.29) is 52.4 Å². The minimum Gasteiger partial charge on any atom is -0.505 e. The van der Waals surface area contributed by atoms with Crippen molar-refractivity contribution in [2.75, 3.05) is 38.0 Å². The van der Waals surface area contributed by atoms with Gasteiger partial charge in [0, 0.05) is 50.5 Å². The maximum absolute atomic E-state index is 12.5. The van der Waals surface area contributed by atoms with Crippen LogP contribution in [0, 0.1) is 5.92 Å². The summed E-state index contributed by atoms with van der Waals surface area (Å²) in [6.45, 7) is 7.16. The zero-order chi connectivity index (χ0) is 25.2. The maximum atomic E-state index is 12.5. The zero-order valence-electron chi connectivity index (χ0n) is 21.2. The molecule has 2 aromatic heterocycles. The lowest BCUT2D eigenvalue weighted by atomic mass is 9.85. The summed E-state index contributed by atoms with van der Waals surface area (Å²) in [7, 11) is 0. The smallest absolute Gasteiger partial charge is 0.163 e. The number of ketones is 1. The highest BCUT2D eigenvalue weighted by atomic mass is 35.5. The molecule has 1 aromatic carbocycles. The number of aromatic nitrogens is 2. The first-order valence-corrected chi connectivity index (χ1v) is 13.3. The second-order valence-corrected chi connectivity index (χ2v) is 10.7. The van der Waals surface area contributed by atoms with Crippen molar-refractivity contribution in [1.82, 2.24) is 20.2 Å². The van der Waals surface area contributed by atoms with Gasteiger partial charge in [-0.2, -0.15) is 0 Å². The Balaban J connectivity index is 0.00000200. The van der Waals surface area contributed by atoms with Gasteiger partial charge in [-0.1, -0.05) is 23.2 Å². The standard InChI is InChI=1S/C27H31Cl2N5O2.2ClH/c1-16(35)20-14-31-24-7-6-23(18-12-21(28)27(36)22(29)13-18)33-26(24)25(20)32-19-4-2-17(3-5-19)15-34-10-8-30-9-11-34;;/h6-7,12-14,17,19,30,36H,2-5,8-11,15H2,1H3,(H,31,32);2*1H. The van der Waals surface area contributed by atoms with Crippen LogP contribution in [-0.2, 0) is 0 Å². The molecule has 0 spiro atoms. The highest BCUT2D eigenvalue weighted by molar-refractivity contribution is 6.37. The number of hydrogen-bond donors (Lipinski definition) is 3. The molecular formula is C27H33Cl4N5O2. The van der Waals surface area contributed by atoms with E-state index in [4.69, 9.17) is 28.2 Å². The molecule has 1 aliphatic carbocycles. The van der Waals surface area contributed by atoms with Crippen molar-refractivity contribution >= 4 is 70.5 Å². The van der Waals surface area contributed by atoms with Crippen LogP contribution in [0.2, 0.25) is 10.0 Å². The highest BCUT2D eigenvalue weighted by Gasteiger charge is 2.25. The summed E-state index contributed by atoms with van der Waals surface area (Å²) in [5, 5.41) is 17.3. The van der Waals surface area contributed by atoms with Gasteiger partial charge in [-0.25, -0.2) is 4.98 Å². The summed E-state index contributed by atoms with van der Waals surface area (Å²) in [6, 6.07) is 7.26. The quantitative estimate of drug-likeness (QED) is 0.289. The molecule has 206 valence electrons. The second-order valence-electron chi connectivity index (χ2n) is 9.87. The molecule has 3 N–H and O–H groups in total. The van der Waals surface area contributed by atoms with Crippen molar-refractivity contribution in [2.24, 2.45) is 5.92 Å². The Morgan fingerprint density at radius 1 is 1.11 bits per heavy atom. The Bertz CT molecular complexity index is 1250. The molecule has 0 unspecified atom stereocenters. The van der Waals surface area contributed by atoms with Gasteiger partial charge in [-0.3, -0.25) is 9.78 Å². The molecule has 1 saturated heterocycles. The molecule has 0 atom stereocenters. The van der Waals surface area contributed by atoms with Gasteiger partial charge in [-0.05, 0) is 62.8 Å². The largest absolute Gasteiger partial charge is 0.505 e. The molecule has 2 fully saturated rings. The number of fused-ring (bicyclic) bond motifs is 1. The minimum absolute atomic E-state index is 0. The summed E-state index contributed by atoms with van der Waals surface area (Å²) >= 11 is 12.3. The van der Waals surface area contributed by atoms with Crippen molar-refractivity contribution < 1.29 is 9.90 Å². The summed E-state index contributed by atoms with van der Waals surface area (Å²) in [6.07, 6.45) is 6.09. The number of nitrogens with zero attached hydrogens (tertiary/aromatic N) is 3. The predicted molar refractivity (Wildman–Crippen MR) is 160 cm³/mol. The number of pyridine rings is 2. The van der Waals surface area contributed by atoms with Crippen LogP contribution in [0.3, 0.4) is 0 Å². The van der Waals surface area contributed by atoms with E-state index in [1.54, 1.807) is 25.3 Å². The number of halogens is 4. The van der Waals surface area contributed by atoms with Crippen LogP contribution in [0.15, 0.2) is 30.5 Å². The fourth-order valence-corrected chi connectivity index (χ4v) is 5.79. The molecule has 38 heavy (non-hydrogen) atoms. The number of Topliss-reactive ketones (excluding diaryl/α,β-unsaturated/α-hetero) is 1. The number of nitrogens with one attached hydrogen (secondary N) is 2. The highest BCUT2D eigenvalue weighted by Crippen LogP contribution is 2.37. The van der Waals surface area contributed by atoms with Gasteiger partial charge >= 0.3 is 0 Å². The van der Waals surface area contributed by atoms with Gasteiger partial charge in [0.15, 0.2) is 11.5 Å². The molecule has 0 radical (unpaired) electrons. The van der Waals surface area contributed by atoms with Gasteiger partial charge in [-0.15, -0.1) is 24.8 Å². The third kappa shape index (κ3) is 6.82. The number of phenolic OH excluding ortho intramolecular Hbond substituents is 1. The first-order chi connectivity index (χ1) is 17.4. The van der Waals surface area contributed by atoms with Crippen LogP contribution in [0.5, 0.6) is 5.75 Å². The number of hydrogen-bond acceptors (Lipinski definition) is 7. The van der Waals surface area contributed by atoms with Gasteiger partial charge in [0.05, 0.1) is 32.5 Å². The molecule has 11 heteroatoms. The summed E-state index contributed by atoms with van der Waals surface area (Å²) in [4.78, 5) is 24.5. The van der Waals surface area contributed by atoms with Gasteiger partial charge < -0.3 is 20.6 Å². The number of phenols is 1. The molecule has 0 bridgehead atoms. The number of aromatic hydroxyl groups is 1. The molecule has 3 heterocycles. The van der Waals surface area contributed by atoms with Crippen LogP contribution in [0.1, 0.15) is 43.0 Å². The minimum atomic E-state index is -0.154. The van der Waals surface area contributed by atoms with E-state index in [0.29, 0.717) is 27.9 Å². The van der Waals surface area contributed by atoms with Gasteiger partial charge in [0.2, 0.25) is 0 Å². The lowest BCUT2D eigenvalue weighted by Crippen LogP contribution is -2.45. The molecule has 2 aliphatic rings. The molecule has 1 aliphatic heterocycles. The van der Waals surface area contributed by atoms with Crippen molar-refractivity contribution in [3.8, 4) is 17.0 Å². The van der Waals surface area contributed by atoms with E-state index >= 15 is 0 Å². The first kappa shape index (κ1) is 30.7. The van der Waals surface area contributed by atoms with Gasteiger partial charge in [0.1, 0.15) is 5.52 Å². The Hall–Kier alpha value is -1.87. The van der Waals surface area contributed by atoms with Crippen LogP contribution in [-0.4, -0.2) is 64.5 Å².